The SMILES string of the molecule is Cl.NCCC1CCCN(CCOc2ccc(F)cc2Cl)C1. The lowest BCUT2D eigenvalue weighted by molar-refractivity contribution is 0.144. The van der Waals surface area contributed by atoms with E-state index in [-0.39, 0.29) is 18.2 Å². The molecule has 1 aliphatic heterocycles. The van der Waals surface area contributed by atoms with Crippen molar-refractivity contribution in [3.05, 3.63) is 29.0 Å². The van der Waals surface area contributed by atoms with Gasteiger partial charge < -0.3 is 10.5 Å². The molecule has 2 rings (SSSR count). The van der Waals surface area contributed by atoms with E-state index < -0.39 is 0 Å². The highest BCUT2D eigenvalue weighted by molar-refractivity contribution is 6.32. The first kappa shape index (κ1) is 18.5. The van der Waals surface area contributed by atoms with Crippen LogP contribution >= 0.6 is 24.0 Å². The maximum absolute atomic E-state index is 12.9. The first-order valence-electron chi connectivity index (χ1n) is 7.19. The topological polar surface area (TPSA) is 38.5 Å². The molecule has 1 unspecified atom stereocenters. The van der Waals surface area contributed by atoms with Gasteiger partial charge in [-0.25, -0.2) is 4.39 Å². The molecule has 0 amide bonds. The summed E-state index contributed by atoms with van der Waals surface area (Å²) in [6, 6.07) is 4.21. The van der Waals surface area contributed by atoms with E-state index >= 15 is 0 Å². The fraction of sp³-hybridized carbons (Fsp3) is 0.600. The second-order valence-electron chi connectivity index (χ2n) is 5.31. The Morgan fingerprint density at radius 3 is 2.95 bits per heavy atom. The minimum Gasteiger partial charge on any atom is -0.491 e. The van der Waals surface area contributed by atoms with Crippen molar-refractivity contribution in [2.24, 2.45) is 11.7 Å². The molecule has 1 saturated heterocycles. The van der Waals surface area contributed by atoms with Gasteiger partial charge in [0, 0.05) is 13.1 Å². The number of hydrogen-bond donors (Lipinski definition) is 1. The molecule has 0 spiro atoms. The number of nitrogens with zero attached hydrogens (tertiary/aromatic N) is 1. The Kier molecular flexibility index (Phi) is 8.34. The van der Waals surface area contributed by atoms with Crippen LogP contribution in [-0.4, -0.2) is 37.7 Å². The molecule has 0 saturated carbocycles. The van der Waals surface area contributed by atoms with Crippen LogP contribution < -0.4 is 10.5 Å². The van der Waals surface area contributed by atoms with Gasteiger partial charge in [-0.3, -0.25) is 4.90 Å². The zero-order valence-corrected chi connectivity index (χ0v) is 13.6. The average Bonchev–Trinajstić information content (AvgIpc) is 2.42. The standard InChI is InChI=1S/C15H22ClFN2O.ClH/c16-14-10-13(17)3-4-15(14)20-9-8-19-7-1-2-12(11-19)5-6-18;/h3-4,10,12H,1-2,5-9,11,18H2;1H. The van der Waals surface area contributed by atoms with Crippen molar-refractivity contribution in [1.29, 1.82) is 0 Å². The molecule has 1 atom stereocenters. The Hall–Kier alpha value is -0.550. The summed E-state index contributed by atoms with van der Waals surface area (Å²) in [4.78, 5) is 2.40. The highest BCUT2D eigenvalue weighted by Gasteiger charge is 2.18. The van der Waals surface area contributed by atoms with Crippen LogP contribution in [0.5, 0.6) is 5.75 Å². The summed E-state index contributed by atoms with van der Waals surface area (Å²) in [6.45, 7) is 4.41. The minimum absolute atomic E-state index is 0. The van der Waals surface area contributed by atoms with Crippen molar-refractivity contribution in [2.75, 3.05) is 32.8 Å². The second kappa shape index (κ2) is 9.46. The number of halogens is 3. The summed E-state index contributed by atoms with van der Waals surface area (Å²) >= 11 is 5.92. The smallest absolute Gasteiger partial charge is 0.138 e. The third-order valence-corrected chi connectivity index (χ3v) is 4.03. The van der Waals surface area contributed by atoms with E-state index in [0.29, 0.717) is 23.3 Å². The maximum Gasteiger partial charge on any atom is 0.138 e. The third kappa shape index (κ3) is 5.99. The van der Waals surface area contributed by atoms with Crippen molar-refractivity contribution >= 4 is 24.0 Å². The van der Waals surface area contributed by atoms with Gasteiger partial charge in [0.2, 0.25) is 0 Å². The number of benzene rings is 1. The molecule has 0 aliphatic carbocycles. The number of likely N-dealkylation sites (tertiary alicyclic amines) is 1. The van der Waals surface area contributed by atoms with Gasteiger partial charge in [0.05, 0.1) is 5.02 Å². The Labute approximate surface area is 137 Å². The third-order valence-electron chi connectivity index (χ3n) is 3.74. The molecular formula is C15H23Cl2FN2O. The maximum atomic E-state index is 12.9. The zero-order chi connectivity index (χ0) is 14.4. The molecule has 1 aromatic carbocycles. The van der Waals surface area contributed by atoms with Gasteiger partial charge in [0.1, 0.15) is 18.2 Å². The van der Waals surface area contributed by atoms with E-state index in [1.165, 1.54) is 25.0 Å². The van der Waals surface area contributed by atoms with Crippen molar-refractivity contribution in [3.8, 4) is 5.75 Å². The van der Waals surface area contributed by atoms with E-state index in [9.17, 15) is 4.39 Å². The lowest BCUT2D eigenvalue weighted by Gasteiger charge is -2.32. The molecule has 1 heterocycles. The number of rotatable bonds is 6. The fourth-order valence-electron chi connectivity index (χ4n) is 2.70. The van der Waals surface area contributed by atoms with Gasteiger partial charge in [0.25, 0.3) is 0 Å². The van der Waals surface area contributed by atoms with E-state index in [2.05, 4.69) is 4.90 Å². The lowest BCUT2D eigenvalue weighted by atomic mass is 9.95. The van der Waals surface area contributed by atoms with Crippen LogP contribution in [0.25, 0.3) is 0 Å². The molecule has 6 heteroatoms. The van der Waals surface area contributed by atoms with Gasteiger partial charge in [-0.05, 0) is 56.5 Å². The number of piperidine rings is 1. The van der Waals surface area contributed by atoms with Gasteiger partial charge in [-0.2, -0.15) is 0 Å². The summed E-state index contributed by atoms with van der Waals surface area (Å²) in [5.41, 5.74) is 5.62. The molecule has 2 N–H and O–H groups in total. The second-order valence-corrected chi connectivity index (χ2v) is 5.72. The van der Waals surface area contributed by atoms with Crippen LogP contribution in [0, 0.1) is 11.7 Å². The normalized spacial score (nSPS) is 19.1. The largest absolute Gasteiger partial charge is 0.491 e. The van der Waals surface area contributed by atoms with Crippen LogP contribution in [-0.2, 0) is 0 Å². The van der Waals surface area contributed by atoms with Gasteiger partial charge in [-0.1, -0.05) is 11.6 Å². The summed E-state index contributed by atoms with van der Waals surface area (Å²) < 4.78 is 18.5. The Balaban J connectivity index is 0.00000220. The van der Waals surface area contributed by atoms with Crippen LogP contribution in [0.2, 0.25) is 5.02 Å². The molecule has 3 nitrogen and oxygen atoms in total. The molecule has 1 fully saturated rings. The van der Waals surface area contributed by atoms with Crippen molar-refractivity contribution < 1.29 is 9.13 Å². The van der Waals surface area contributed by atoms with E-state index in [1.54, 1.807) is 6.07 Å². The zero-order valence-electron chi connectivity index (χ0n) is 12.1. The van der Waals surface area contributed by atoms with Crippen LogP contribution in [0.1, 0.15) is 19.3 Å². The molecule has 120 valence electrons. The number of nitrogens with two attached hydrogens (primary N) is 1. The predicted molar refractivity (Wildman–Crippen MR) is 87.0 cm³/mol. The summed E-state index contributed by atoms with van der Waals surface area (Å²) in [6.07, 6.45) is 3.60. The summed E-state index contributed by atoms with van der Waals surface area (Å²) in [5, 5.41) is 0.324. The molecule has 21 heavy (non-hydrogen) atoms. The summed E-state index contributed by atoms with van der Waals surface area (Å²) in [5.74, 6) is 0.912. The van der Waals surface area contributed by atoms with Crippen molar-refractivity contribution in [1.82, 2.24) is 4.90 Å². The molecular weight excluding hydrogens is 314 g/mol. The molecule has 0 aromatic heterocycles. The Morgan fingerprint density at radius 1 is 1.43 bits per heavy atom. The highest BCUT2D eigenvalue weighted by atomic mass is 35.5. The van der Waals surface area contributed by atoms with Gasteiger partial charge >= 0.3 is 0 Å². The molecule has 1 aliphatic rings. The van der Waals surface area contributed by atoms with Crippen LogP contribution in [0.15, 0.2) is 18.2 Å². The van der Waals surface area contributed by atoms with Crippen molar-refractivity contribution in [2.45, 2.75) is 19.3 Å². The van der Waals surface area contributed by atoms with Crippen LogP contribution in [0.4, 0.5) is 4.39 Å². The summed E-state index contributed by atoms with van der Waals surface area (Å²) in [7, 11) is 0. The van der Waals surface area contributed by atoms with Gasteiger partial charge in [0.15, 0.2) is 0 Å². The quantitative estimate of drug-likeness (QED) is 0.865. The Morgan fingerprint density at radius 2 is 2.24 bits per heavy atom. The van der Waals surface area contributed by atoms with Gasteiger partial charge in [-0.15, -0.1) is 12.4 Å². The molecule has 1 aromatic rings. The van der Waals surface area contributed by atoms with E-state index in [0.717, 1.165) is 32.6 Å². The average molecular weight is 337 g/mol. The van der Waals surface area contributed by atoms with Crippen molar-refractivity contribution in [3.63, 3.8) is 0 Å². The lowest BCUT2D eigenvalue weighted by Crippen LogP contribution is -2.38. The highest BCUT2D eigenvalue weighted by Crippen LogP contribution is 2.25. The van der Waals surface area contributed by atoms with E-state index in [1.807, 2.05) is 0 Å². The monoisotopic (exact) mass is 336 g/mol. The number of hydrogen-bond acceptors (Lipinski definition) is 3. The molecule has 0 bridgehead atoms. The Bertz CT molecular complexity index is 432. The first-order valence-corrected chi connectivity index (χ1v) is 7.57. The minimum atomic E-state index is -0.344. The first-order chi connectivity index (χ1) is 9.69. The van der Waals surface area contributed by atoms with E-state index in [4.69, 9.17) is 22.1 Å². The molecule has 0 radical (unpaired) electrons. The van der Waals surface area contributed by atoms with Crippen LogP contribution in [0.3, 0.4) is 0 Å². The fourth-order valence-corrected chi connectivity index (χ4v) is 2.92. The number of ether oxygens (including phenoxy) is 1. The predicted octanol–water partition coefficient (Wildman–Crippen LogP) is 3.34.